The first-order chi connectivity index (χ1) is 11.0. The lowest BCUT2D eigenvalue weighted by molar-refractivity contribution is -0.127. The first-order valence-electron chi connectivity index (χ1n) is 7.81. The molecule has 2 unspecified atom stereocenters. The van der Waals surface area contributed by atoms with Crippen molar-refractivity contribution >= 4 is 29.9 Å². The largest absolute Gasteiger partial charge is 0.352 e. The van der Waals surface area contributed by atoms with E-state index in [9.17, 15) is 18.4 Å². The summed E-state index contributed by atoms with van der Waals surface area (Å²) in [5, 5.41) is 6.15. The summed E-state index contributed by atoms with van der Waals surface area (Å²) in [6.45, 7) is 1.79. The van der Waals surface area contributed by atoms with Gasteiger partial charge in [-0.2, -0.15) is 0 Å². The molecule has 2 atom stereocenters. The predicted octanol–water partition coefficient (Wildman–Crippen LogP) is 1.61. The normalized spacial score (nSPS) is 23.8. The minimum atomic E-state index is -0.795. The van der Waals surface area contributed by atoms with Crippen LogP contribution in [0.1, 0.15) is 19.3 Å². The van der Waals surface area contributed by atoms with Gasteiger partial charge in [0.2, 0.25) is 11.8 Å². The van der Waals surface area contributed by atoms with Gasteiger partial charge in [-0.25, -0.2) is 8.78 Å². The van der Waals surface area contributed by atoms with Gasteiger partial charge < -0.3 is 15.5 Å². The maximum Gasteiger partial charge on any atom is 0.227 e. The average molecular weight is 360 g/mol. The molecule has 3 rings (SSSR count). The van der Waals surface area contributed by atoms with Crippen molar-refractivity contribution in [2.75, 3.05) is 24.5 Å². The summed E-state index contributed by atoms with van der Waals surface area (Å²) in [5.74, 6) is -2.50. The van der Waals surface area contributed by atoms with Crippen molar-refractivity contribution in [3.63, 3.8) is 0 Å². The first kappa shape index (κ1) is 18.6. The lowest BCUT2D eigenvalue weighted by Crippen LogP contribution is -2.47. The predicted molar refractivity (Wildman–Crippen MR) is 88.1 cm³/mol. The highest BCUT2D eigenvalue weighted by molar-refractivity contribution is 6.00. The van der Waals surface area contributed by atoms with Gasteiger partial charge in [0.1, 0.15) is 11.6 Å². The van der Waals surface area contributed by atoms with Crippen LogP contribution in [0, 0.1) is 17.6 Å². The van der Waals surface area contributed by atoms with E-state index in [0.29, 0.717) is 0 Å². The number of anilines is 1. The molecule has 0 saturated carbocycles. The van der Waals surface area contributed by atoms with E-state index in [2.05, 4.69) is 10.6 Å². The molecule has 2 N–H and O–H groups in total. The second kappa shape index (κ2) is 7.90. The van der Waals surface area contributed by atoms with Crippen LogP contribution in [0.5, 0.6) is 0 Å². The summed E-state index contributed by atoms with van der Waals surface area (Å²) < 4.78 is 26.8. The van der Waals surface area contributed by atoms with Crippen LogP contribution in [0.2, 0.25) is 0 Å². The molecule has 2 fully saturated rings. The zero-order valence-electron chi connectivity index (χ0n) is 13.1. The molecule has 0 aliphatic carbocycles. The lowest BCUT2D eigenvalue weighted by Gasteiger charge is -2.25. The van der Waals surface area contributed by atoms with Crippen LogP contribution in [-0.2, 0) is 9.59 Å². The smallest absolute Gasteiger partial charge is 0.227 e. The molecular weight excluding hydrogens is 340 g/mol. The standard InChI is InChI=1S/C16H19F2N3O2.ClH/c17-11-3-4-14(13(18)7-11)21-9-10(6-15(21)22)16(23)20-12-2-1-5-19-8-12;/h3-4,7,10,12,19H,1-2,5-6,8-9H2,(H,20,23);1H. The highest BCUT2D eigenvalue weighted by atomic mass is 35.5. The van der Waals surface area contributed by atoms with Gasteiger partial charge in [0.25, 0.3) is 0 Å². The quantitative estimate of drug-likeness (QED) is 0.862. The fourth-order valence-corrected chi connectivity index (χ4v) is 3.11. The molecule has 0 bridgehead atoms. The SMILES string of the molecule is Cl.O=C(NC1CCCNC1)C1CC(=O)N(c2ccc(F)cc2F)C1. The number of benzene rings is 1. The first-order valence-corrected chi connectivity index (χ1v) is 7.81. The molecule has 24 heavy (non-hydrogen) atoms. The molecule has 2 heterocycles. The molecule has 8 heteroatoms. The van der Waals surface area contributed by atoms with Gasteiger partial charge in [0, 0.05) is 31.6 Å². The molecule has 2 aliphatic rings. The number of rotatable bonds is 3. The zero-order valence-corrected chi connectivity index (χ0v) is 13.9. The fourth-order valence-electron chi connectivity index (χ4n) is 3.11. The monoisotopic (exact) mass is 359 g/mol. The van der Waals surface area contributed by atoms with Gasteiger partial charge in [0.05, 0.1) is 11.6 Å². The number of piperidine rings is 1. The third kappa shape index (κ3) is 4.02. The number of nitrogens with zero attached hydrogens (tertiary/aromatic N) is 1. The molecule has 132 valence electrons. The molecule has 0 spiro atoms. The van der Waals surface area contributed by atoms with Crippen molar-refractivity contribution in [3.05, 3.63) is 29.8 Å². The Morgan fingerprint density at radius 2 is 2.12 bits per heavy atom. The summed E-state index contributed by atoms with van der Waals surface area (Å²) in [6.07, 6.45) is 1.96. The maximum absolute atomic E-state index is 13.8. The van der Waals surface area contributed by atoms with E-state index in [0.717, 1.165) is 38.1 Å². The van der Waals surface area contributed by atoms with Crippen LogP contribution < -0.4 is 15.5 Å². The third-order valence-electron chi connectivity index (χ3n) is 4.34. The topological polar surface area (TPSA) is 61.4 Å². The molecule has 1 aromatic carbocycles. The van der Waals surface area contributed by atoms with Crippen LogP contribution in [0.25, 0.3) is 0 Å². The molecule has 2 aliphatic heterocycles. The maximum atomic E-state index is 13.8. The van der Waals surface area contributed by atoms with Gasteiger partial charge in [0.15, 0.2) is 0 Å². The van der Waals surface area contributed by atoms with Crippen LogP contribution >= 0.6 is 12.4 Å². The third-order valence-corrected chi connectivity index (χ3v) is 4.34. The van der Waals surface area contributed by atoms with Crippen molar-refractivity contribution in [1.29, 1.82) is 0 Å². The summed E-state index contributed by atoms with van der Waals surface area (Å²) >= 11 is 0. The molecule has 2 amide bonds. The Bertz CT molecular complexity index is 623. The summed E-state index contributed by atoms with van der Waals surface area (Å²) in [4.78, 5) is 25.6. The Hall–Kier alpha value is -1.73. The number of hydrogen-bond acceptors (Lipinski definition) is 3. The van der Waals surface area contributed by atoms with E-state index in [1.807, 2.05) is 0 Å². The second-order valence-electron chi connectivity index (χ2n) is 6.05. The van der Waals surface area contributed by atoms with E-state index in [-0.39, 0.29) is 48.9 Å². The fraction of sp³-hybridized carbons (Fsp3) is 0.500. The van der Waals surface area contributed by atoms with E-state index in [1.165, 1.54) is 11.0 Å². The van der Waals surface area contributed by atoms with Crippen molar-refractivity contribution in [2.24, 2.45) is 5.92 Å². The van der Waals surface area contributed by atoms with E-state index < -0.39 is 17.6 Å². The van der Waals surface area contributed by atoms with Crippen LogP contribution in [0.15, 0.2) is 18.2 Å². The molecule has 2 saturated heterocycles. The van der Waals surface area contributed by atoms with Gasteiger partial charge >= 0.3 is 0 Å². The lowest BCUT2D eigenvalue weighted by atomic mass is 10.0. The van der Waals surface area contributed by atoms with Gasteiger partial charge in [-0.1, -0.05) is 0 Å². The van der Waals surface area contributed by atoms with Crippen LogP contribution in [0.3, 0.4) is 0 Å². The molecule has 0 radical (unpaired) electrons. The highest BCUT2D eigenvalue weighted by Gasteiger charge is 2.36. The number of amides is 2. The minimum Gasteiger partial charge on any atom is -0.352 e. The highest BCUT2D eigenvalue weighted by Crippen LogP contribution is 2.28. The van der Waals surface area contributed by atoms with Crippen molar-refractivity contribution in [3.8, 4) is 0 Å². The Kier molecular flexibility index (Phi) is 6.12. The van der Waals surface area contributed by atoms with Crippen LogP contribution in [-0.4, -0.2) is 37.5 Å². The summed E-state index contributed by atoms with van der Waals surface area (Å²) in [7, 11) is 0. The van der Waals surface area contributed by atoms with Crippen molar-refractivity contribution in [1.82, 2.24) is 10.6 Å². The number of hydrogen-bond donors (Lipinski definition) is 2. The average Bonchev–Trinajstić information content (AvgIpc) is 2.90. The van der Waals surface area contributed by atoms with Gasteiger partial charge in [-0.05, 0) is 31.5 Å². The minimum absolute atomic E-state index is 0. The Morgan fingerprint density at radius 3 is 2.79 bits per heavy atom. The molecular formula is C16H20ClF2N3O2. The Labute approximate surface area is 145 Å². The number of nitrogens with one attached hydrogen (secondary N) is 2. The Morgan fingerprint density at radius 1 is 1.33 bits per heavy atom. The van der Waals surface area contributed by atoms with E-state index >= 15 is 0 Å². The van der Waals surface area contributed by atoms with Gasteiger partial charge in [-0.15, -0.1) is 12.4 Å². The Balaban J connectivity index is 0.00000208. The van der Waals surface area contributed by atoms with E-state index in [1.54, 1.807) is 0 Å². The van der Waals surface area contributed by atoms with Gasteiger partial charge in [-0.3, -0.25) is 9.59 Å². The van der Waals surface area contributed by atoms with Crippen molar-refractivity contribution in [2.45, 2.75) is 25.3 Å². The van der Waals surface area contributed by atoms with Crippen LogP contribution in [0.4, 0.5) is 14.5 Å². The second-order valence-corrected chi connectivity index (χ2v) is 6.05. The van der Waals surface area contributed by atoms with E-state index in [4.69, 9.17) is 0 Å². The number of carbonyl (C=O) groups is 2. The van der Waals surface area contributed by atoms with Crippen molar-refractivity contribution < 1.29 is 18.4 Å². The molecule has 0 aromatic heterocycles. The number of halogens is 3. The molecule has 1 aromatic rings. The molecule has 5 nitrogen and oxygen atoms in total. The summed E-state index contributed by atoms with van der Waals surface area (Å²) in [6, 6.07) is 3.15. The summed E-state index contributed by atoms with van der Waals surface area (Å²) in [5.41, 5.74) is 0.0195. The number of carbonyl (C=O) groups excluding carboxylic acids is 2. The zero-order chi connectivity index (χ0) is 16.4.